The van der Waals surface area contributed by atoms with Gasteiger partial charge in [-0.25, -0.2) is 0 Å². The summed E-state index contributed by atoms with van der Waals surface area (Å²) in [7, 11) is 0. The molecule has 2 bridgehead atoms. The molecule has 6 heteroatoms. The maximum Gasteiger partial charge on any atom is 0.106 e. The van der Waals surface area contributed by atoms with Crippen molar-refractivity contribution >= 4 is 0 Å². The van der Waals surface area contributed by atoms with Crippen molar-refractivity contribution in [2.75, 3.05) is 0 Å². The summed E-state index contributed by atoms with van der Waals surface area (Å²) in [5, 5.41) is 56.9. The van der Waals surface area contributed by atoms with Crippen LogP contribution in [0, 0.1) is 28.6 Å². The minimum atomic E-state index is -1.49. The van der Waals surface area contributed by atoms with Crippen LogP contribution in [0.5, 0.6) is 0 Å². The van der Waals surface area contributed by atoms with Gasteiger partial charge >= 0.3 is 0 Å². The molecule has 1 spiro atoms. The van der Waals surface area contributed by atoms with Gasteiger partial charge in [0.1, 0.15) is 5.60 Å². The van der Waals surface area contributed by atoms with Gasteiger partial charge in [0.2, 0.25) is 0 Å². The van der Waals surface area contributed by atoms with Crippen LogP contribution in [0.1, 0.15) is 53.4 Å². The normalized spacial score (nSPS) is 68.0. The molecule has 5 N–H and O–H groups in total. The number of rotatable bonds is 0. The summed E-state index contributed by atoms with van der Waals surface area (Å²) >= 11 is 0. The summed E-state index contributed by atoms with van der Waals surface area (Å²) in [4.78, 5) is 0. The van der Waals surface area contributed by atoms with E-state index in [0.717, 1.165) is 0 Å². The smallest absolute Gasteiger partial charge is 0.106 e. The number of epoxide rings is 1. The van der Waals surface area contributed by atoms with E-state index in [1.807, 2.05) is 13.8 Å². The topological polar surface area (TPSA) is 114 Å². The van der Waals surface area contributed by atoms with Crippen molar-refractivity contribution < 1.29 is 30.3 Å². The zero-order valence-electron chi connectivity index (χ0n) is 16.0. The Labute approximate surface area is 154 Å². The molecule has 0 aromatic heterocycles. The highest BCUT2D eigenvalue weighted by Gasteiger charge is 2.82. The second kappa shape index (κ2) is 4.50. The highest BCUT2D eigenvalue weighted by atomic mass is 16.6. The zero-order valence-corrected chi connectivity index (χ0v) is 16.0. The molecule has 4 saturated carbocycles. The van der Waals surface area contributed by atoms with Crippen LogP contribution in [0.2, 0.25) is 0 Å². The van der Waals surface area contributed by atoms with Gasteiger partial charge in [-0.15, -0.1) is 0 Å². The van der Waals surface area contributed by atoms with Crippen molar-refractivity contribution in [3.63, 3.8) is 0 Å². The predicted octanol–water partition coefficient (Wildman–Crippen LogP) is 0.185. The molecule has 5 fully saturated rings. The van der Waals surface area contributed by atoms with Crippen molar-refractivity contribution in [1.82, 2.24) is 0 Å². The fraction of sp³-hybridized carbons (Fsp3) is 1.00. The van der Waals surface area contributed by atoms with E-state index in [-0.39, 0.29) is 30.5 Å². The number of aliphatic hydroxyl groups is 5. The minimum Gasteiger partial charge on any atom is -0.392 e. The molecule has 0 aromatic rings. The number of ether oxygens (including phenoxy) is 1. The molecule has 1 aliphatic heterocycles. The first-order valence-corrected chi connectivity index (χ1v) is 10.0. The average Bonchev–Trinajstić information content (AvgIpc) is 3.22. The Morgan fingerprint density at radius 2 is 1.62 bits per heavy atom. The first kappa shape index (κ1) is 17.8. The lowest BCUT2D eigenvalue weighted by Gasteiger charge is -2.51. The SMILES string of the molecule is CC1(C)[C@H]2O[C@H]2[C@H]2[C@](C)(O)[C@@H]3CC[C@H]4[C@@H](O)[C@@]3(C[C@@H](O)[C@@]21O)C[C@@]4(C)O. The van der Waals surface area contributed by atoms with Crippen molar-refractivity contribution in [1.29, 1.82) is 0 Å². The van der Waals surface area contributed by atoms with E-state index < -0.39 is 45.8 Å². The van der Waals surface area contributed by atoms with Gasteiger partial charge in [-0.3, -0.25) is 0 Å². The molecule has 11 atom stereocenters. The summed E-state index contributed by atoms with van der Waals surface area (Å²) < 4.78 is 5.82. The maximum atomic E-state index is 11.8. The number of fused-ring (bicyclic) bond motifs is 4. The average molecular weight is 368 g/mol. The van der Waals surface area contributed by atoms with E-state index in [0.29, 0.717) is 19.3 Å². The highest BCUT2D eigenvalue weighted by Crippen LogP contribution is 2.72. The van der Waals surface area contributed by atoms with Crippen LogP contribution < -0.4 is 0 Å². The molecular weight excluding hydrogens is 336 g/mol. The molecule has 5 aliphatic rings. The van der Waals surface area contributed by atoms with Gasteiger partial charge in [-0.1, -0.05) is 13.8 Å². The standard InChI is InChI=1S/C20H32O6/c1-16(2)15-12(26-15)13-18(4,24)10-6-5-9-14(22)19(10,8-17(9,3)23)7-11(21)20(13,16)25/h9-15,21-25H,5-8H2,1-4H3/t9-,10-,11+,12-,13-,14+,15-,17+,18+,19-,20+/m0/s1. The Bertz CT molecular complexity index is 659. The van der Waals surface area contributed by atoms with Gasteiger partial charge in [-0.05, 0) is 45.4 Å². The third-order valence-corrected chi connectivity index (χ3v) is 9.40. The van der Waals surface area contributed by atoms with Crippen molar-refractivity contribution in [3.05, 3.63) is 0 Å². The lowest BCUT2D eigenvalue weighted by atomic mass is 9.57. The van der Waals surface area contributed by atoms with Crippen LogP contribution in [0.25, 0.3) is 0 Å². The van der Waals surface area contributed by atoms with Gasteiger partial charge in [0.15, 0.2) is 0 Å². The van der Waals surface area contributed by atoms with Gasteiger partial charge < -0.3 is 30.3 Å². The summed E-state index contributed by atoms with van der Waals surface area (Å²) in [6.45, 7) is 7.29. The summed E-state index contributed by atoms with van der Waals surface area (Å²) in [5.41, 5.74) is -5.30. The third kappa shape index (κ3) is 1.64. The Hall–Kier alpha value is -0.240. The maximum absolute atomic E-state index is 11.8. The second-order valence-electron chi connectivity index (χ2n) is 10.9. The van der Waals surface area contributed by atoms with Gasteiger partial charge in [-0.2, -0.15) is 0 Å². The van der Waals surface area contributed by atoms with E-state index in [1.54, 1.807) is 13.8 Å². The molecule has 0 unspecified atom stereocenters. The summed E-state index contributed by atoms with van der Waals surface area (Å²) in [6.07, 6.45) is -0.485. The lowest BCUT2D eigenvalue weighted by molar-refractivity contribution is -0.222. The molecule has 26 heavy (non-hydrogen) atoms. The van der Waals surface area contributed by atoms with Crippen molar-refractivity contribution in [2.24, 2.45) is 28.6 Å². The first-order chi connectivity index (χ1) is 11.8. The van der Waals surface area contributed by atoms with E-state index in [1.165, 1.54) is 0 Å². The Morgan fingerprint density at radius 3 is 2.27 bits per heavy atom. The van der Waals surface area contributed by atoms with Gasteiger partial charge in [0.25, 0.3) is 0 Å². The molecule has 1 heterocycles. The number of hydrogen-bond donors (Lipinski definition) is 5. The summed E-state index contributed by atoms with van der Waals surface area (Å²) in [6, 6.07) is 0. The van der Waals surface area contributed by atoms with Gasteiger partial charge in [0.05, 0.1) is 35.6 Å². The molecule has 0 aromatic carbocycles. The van der Waals surface area contributed by atoms with Gasteiger partial charge in [0, 0.05) is 22.7 Å². The monoisotopic (exact) mass is 368 g/mol. The largest absolute Gasteiger partial charge is 0.392 e. The molecule has 6 nitrogen and oxygen atoms in total. The fourth-order valence-electron chi connectivity index (χ4n) is 8.27. The predicted molar refractivity (Wildman–Crippen MR) is 92.0 cm³/mol. The molecule has 0 radical (unpaired) electrons. The molecule has 0 amide bonds. The van der Waals surface area contributed by atoms with E-state index in [4.69, 9.17) is 4.74 Å². The zero-order chi connectivity index (χ0) is 19.1. The molecule has 5 rings (SSSR count). The van der Waals surface area contributed by atoms with Crippen LogP contribution in [-0.2, 0) is 4.74 Å². The quantitative estimate of drug-likeness (QED) is 0.390. The van der Waals surface area contributed by atoms with Crippen LogP contribution >= 0.6 is 0 Å². The Morgan fingerprint density at radius 1 is 0.962 bits per heavy atom. The fourth-order valence-corrected chi connectivity index (χ4v) is 8.27. The molecular formula is C20H32O6. The molecule has 148 valence electrons. The van der Waals surface area contributed by atoms with Crippen molar-refractivity contribution in [3.8, 4) is 0 Å². The van der Waals surface area contributed by atoms with Crippen LogP contribution in [-0.4, -0.2) is 66.8 Å². The number of aliphatic hydroxyl groups excluding tert-OH is 2. The lowest BCUT2D eigenvalue weighted by Crippen LogP contribution is -2.63. The third-order valence-electron chi connectivity index (χ3n) is 9.40. The van der Waals surface area contributed by atoms with Crippen molar-refractivity contribution in [2.45, 2.75) is 94.6 Å². The second-order valence-corrected chi connectivity index (χ2v) is 10.9. The van der Waals surface area contributed by atoms with E-state index >= 15 is 0 Å². The summed E-state index contributed by atoms with van der Waals surface area (Å²) in [5.74, 6) is -1.17. The van der Waals surface area contributed by atoms with Crippen LogP contribution in [0.3, 0.4) is 0 Å². The number of hydrogen-bond acceptors (Lipinski definition) is 6. The molecule has 1 saturated heterocycles. The minimum absolute atomic E-state index is 0.166. The highest BCUT2D eigenvalue weighted by molar-refractivity contribution is 5.31. The molecule has 4 aliphatic carbocycles. The van der Waals surface area contributed by atoms with E-state index in [9.17, 15) is 25.5 Å². The van der Waals surface area contributed by atoms with Crippen LogP contribution in [0.4, 0.5) is 0 Å². The van der Waals surface area contributed by atoms with E-state index in [2.05, 4.69) is 0 Å². The first-order valence-electron chi connectivity index (χ1n) is 10.0. The Balaban J connectivity index is 1.70. The van der Waals surface area contributed by atoms with Crippen LogP contribution in [0.15, 0.2) is 0 Å². The Kier molecular flexibility index (Phi) is 3.08.